The molecule has 3 aromatic rings. The lowest BCUT2D eigenvalue weighted by Crippen LogP contribution is -2.21. The molecule has 1 N–H and O–H groups in total. The summed E-state index contributed by atoms with van der Waals surface area (Å²) in [7, 11) is 0. The molecule has 0 aliphatic heterocycles. The number of carbonyl (C=O) groups excluding carboxylic acids is 1. The molecule has 5 nitrogen and oxygen atoms in total. The zero-order valence-corrected chi connectivity index (χ0v) is 15.4. The Kier molecular flexibility index (Phi) is 5.95. The number of nitrogens with one attached hydrogen (secondary N) is 1. The lowest BCUT2D eigenvalue weighted by Gasteiger charge is -2.10. The van der Waals surface area contributed by atoms with E-state index in [1.165, 1.54) is 18.2 Å². The molecular formula is C20H14F5N3O2. The summed E-state index contributed by atoms with van der Waals surface area (Å²) in [6, 6.07) is 8.28. The van der Waals surface area contributed by atoms with E-state index in [-0.39, 0.29) is 17.4 Å². The van der Waals surface area contributed by atoms with Gasteiger partial charge in [-0.05, 0) is 31.2 Å². The van der Waals surface area contributed by atoms with Gasteiger partial charge < -0.3 is 10.1 Å². The number of halogens is 5. The number of rotatable bonds is 5. The molecule has 1 aromatic heterocycles. The second kappa shape index (κ2) is 8.44. The van der Waals surface area contributed by atoms with Crippen LogP contribution in [0.1, 0.15) is 11.3 Å². The van der Waals surface area contributed by atoms with Crippen molar-refractivity contribution < 1.29 is 31.5 Å². The average Bonchev–Trinajstić information content (AvgIpc) is 2.68. The number of amides is 1. The van der Waals surface area contributed by atoms with Crippen LogP contribution in [0, 0.1) is 18.6 Å². The minimum atomic E-state index is -4.46. The van der Waals surface area contributed by atoms with Crippen molar-refractivity contribution in [3.63, 3.8) is 0 Å². The summed E-state index contributed by atoms with van der Waals surface area (Å²) in [5.74, 6) is -2.19. The van der Waals surface area contributed by atoms with Gasteiger partial charge in [-0.2, -0.15) is 18.2 Å². The summed E-state index contributed by atoms with van der Waals surface area (Å²) in [4.78, 5) is 20.2. The average molecular weight is 423 g/mol. The van der Waals surface area contributed by atoms with Gasteiger partial charge in [-0.1, -0.05) is 12.1 Å². The highest BCUT2D eigenvalue weighted by Gasteiger charge is 2.30. The van der Waals surface area contributed by atoms with Gasteiger partial charge in [-0.15, -0.1) is 0 Å². The number of benzene rings is 2. The van der Waals surface area contributed by atoms with Gasteiger partial charge in [-0.25, -0.2) is 13.8 Å². The molecular weight excluding hydrogens is 409 g/mol. The Labute approximate surface area is 167 Å². The molecule has 1 heterocycles. The normalized spacial score (nSPS) is 11.3. The molecule has 0 fully saturated rings. The summed E-state index contributed by atoms with van der Waals surface area (Å²) in [6.45, 7) is 1.06. The van der Waals surface area contributed by atoms with Crippen LogP contribution in [0.4, 0.5) is 27.6 Å². The summed E-state index contributed by atoms with van der Waals surface area (Å²) < 4.78 is 70.1. The van der Waals surface area contributed by atoms with Crippen LogP contribution in [0.15, 0.2) is 48.5 Å². The van der Waals surface area contributed by atoms with Crippen LogP contribution in [-0.2, 0) is 11.0 Å². The Hall–Kier alpha value is -3.56. The number of anilines is 1. The molecule has 3 rings (SSSR count). The molecule has 0 aliphatic rings. The fourth-order valence-corrected chi connectivity index (χ4v) is 2.47. The summed E-state index contributed by atoms with van der Waals surface area (Å²) in [5, 5.41) is 2.17. The molecule has 0 bridgehead atoms. The molecule has 0 saturated heterocycles. The maximum absolute atomic E-state index is 13.6. The highest BCUT2D eigenvalue weighted by Crippen LogP contribution is 2.30. The van der Waals surface area contributed by atoms with Crippen LogP contribution >= 0.6 is 0 Å². The van der Waals surface area contributed by atoms with E-state index in [4.69, 9.17) is 4.74 Å². The lowest BCUT2D eigenvalue weighted by atomic mass is 10.1. The first-order valence-electron chi connectivity index (χ1n) is 8.53. The Balaban J connectivity index is 1.71. The monoisotopic (exact) mass is 423 g/mol. The first-order valence-corrected chi connectivity index (χ1v) is 8.53. The van der Waals surface area contributed by atoms with E-state index in [1.807, 2.05) is 0 Å². The number of hydrogen-bond donors (Lipinski definition) is 1. The van der Waals surface area contributed by atoms with Gasteiger partial charge in [0.25, 0.3) is 5.91 Å². The molecule has 1 amide bonds. The molecule has 0 unspecified atom stereocenters. The number of hydrogen-bond acceptors (Lipinski definition) is 4. The number of alkyl halides is 3. The van der Waals surface area contributed by atoms with Crippen molar-refractivity contribution in [2.75, 3.05) is 11.9 Å². The zero-order chi connectivity index (χ0) is 21.9. The fourth-order valence-electron chi connectivity index (χ4n) is 2.47. The van der Waals surface area contributed by atoms with Gasteiger partial charge in [0.15, 0.2) is 12.4 Å². The molecule has 0 atom stereocenters. The minimum Gasteiger partial charge on any atom is -0.467 e. The second-order valence-electron chi connectivity index (χ2n) is 6.21. The van der Waals surface area contributed by atoms with Gasteiger partial charge >= 0.3 is 6.18 Å². The van der Waals surface area contributed by atoms with Crippen LogP contribution in [0.25, 0.3) is 11.4 Å². The minimum absolute atomic E-state index is 0.00716. The maximum atomic E-state index is 13.6. The predicted molar refractivity (Wildman–Crippen MR) is 97.7 cm³/mol. The topological polar surface area (TPSA) is 64.1 Å². The van der Waals surface area contributed by atoms with Gasteiger partial charge in [0.1, 0.15) is 11.6 Å². The SMILES string of the molecule is Cc1cc(OCC(=O)Nc2cc(F)ccc2F)nc(-c2ccc(C(F)(F)F)cc2)n1. The van der Waals surface area contributed by atoms with Crippen molar-refractivity contribution >= 4 is 11.6 Å². The Morgan fingerprint density at radius 2 is 1.73 bits per heavy atom. The third-order valence-electron chi connectivity index (χ3n) is 3.85. The molecule has 0 saturated carbocycles. The van der Waals surface area contributed by atoms with Crippen molar-refractivity contribution in [2.45, 2.75) is 13.1 Å². The Bertz CT molecular complexity index is 1070. The van der Waals surface area contributed by atoms with Crippen molar-refractivity contribution in [1.29, 1.82) is 0 Å². The first-order chi connectivity index (χ1) is 14.1. The number of aryl methyl sites for hydroxylation is 1. The fraction of sp³-hybridized carbons (Fsp3) is 0.150. The largest absolute Gasteiger partial charge is 0.467 e. The third kappa shape index (κ3) is 5.28. The van der Waals surface area contributed by atoms with Crippen molar-refractivity contribution in [3.05, 3.63) is 71.4 Å². The molecule has 2 aromatic carbocycles. The van der Waals surface area contributed by atoms with E-state index in [2.05, 4.69) is 15.3 Å². The smallest absolute Gasteiger partial charge is 0.416 e. The molecule has 0 spiro atoms. The lowest BCUT2D eigenvalue weighted by molar-refractivity contribution is -0.137. The van der Waals surface area contributed by atoms with Crippen molar-refractivity contribution in [3.8, 4) is 17.3 Å². The Morgan fingerprint density at radius 3 is 2.40 bits per heavy atom. The quantitative estimate of drug-likeness (QED) is 0.601. The van der Waals surface area contributed by atoms with Gasteiger partial charge in [0.2, 0.25) is 5.88 Å². The maximum Gasteiger partial charge on any atom is 0.416 e. The predicted octanol–water partition coefficient (Wildman–Crippen LogP) is 4.77. The van der Waals surface area contributed by atoms with Crippen LogP contribution in [0.2, 0.25) is 0 Å². The summed E-state index contributed by atoms with van der Waals surface area (Å²) in [5.41, 5.74) is -0.376. The van der Waals surface area contributed by atoms with Crippen LogP contribution in [-0.4, -0.2) is 22.5 Å². The van der Waals surface area contributed by atoms with Crippen LogP contribution in [0.5, 0.6) is 5.88 Å². The molecule has 0 radical (unpaired) electrons. The van der Waals surface area contributed by atoms with Crippen LogP contribution < -0.4 is 10.1 Å². The molecule has 0 aliphatic carbocycles. The van der Waals surface area contributed by atoms with E-state index >= 15 is 0 Å². The first kappa shape index (κ1) is 21.2. The third-order valence-corrected chi connectivity index (χ3v) is 3.85. The van der Waals surface area contributed by atoms with E-state index in [1.54, 1.807) is 6.92 Å². The Morgan fingerprint density at radius 1 is 1.03 bits per heavy atom. The summed E-state index contributed by atoms with van der Waals surface area (Å²) in [6.07, 6.45) is -4.46. The number of carbonyl (C=O) groups is 1. The van der Waals surface area contributed by atoms with Gasteiger partial charge in [0, 0.05) is 23.4 Å². The highest BCUT2D eigenvalue weighted by atomic mass is 19.4. The molecule has 30 heavy (non-hydrogen) atoms. The standard InChI is InChI=1S/C20H14F5N3O2/c1-11-8-18(30-10-17(29)27-16-9-14(21)6-7-15(16)22)28-19(26-11)12-2-4-13(5-3-12)20(23,24)25/h2-9H,10H2,1H3,(H,27,29). The van der Waals surface area contributed by atoms with Crippen molar-refractivity contribution in [1.82, 2.24) is 9.97 Å². The molecule has 156 valence electrons. The van der Waals surface area contributed by atoms with E-state index in [9.17, 15) is 26.7 Å². The number of aromatic nitrogens is 2. The number of ether oxygens (including phenoxy) is 1. The zero-order valence-electron chi connectivity index (χ0n) is 15.4. The van der Waals surface area contributed by atoms with Crippen LogP contribution in [0.3, 0.4) is 0 Å². The number of nitrogens with zero attached hydrogens (tertiary/aromatic N) is 2. The summed E-state index contributed by atoms with van der Waals surface area (Å²) >= 11 is 0. The van der Waals surface area contributed by atoms with Gasteiger partial charge in [-0.3, -0.25) is 4.79 Å². The second-order valence-corrected chi connectivity index (χ2v) is 6.21. The highest BCUT2D eigenvalue weighted by molar-refractivity contribution is 5.91. The van der Waals surface area contributed by atoms with E-state index < -0.39 is 35.9 Å². The van der Waals surface area contributed by atoms with Crippen molar-refractivity contribution in [2.24, 2.45) is 0 Å². The van der Waals surface area contributed by atoms with E-state index in [0.29, 0.717) is 11.3 Å². The molecule has 10 heteroatoms. The van der Waals surface area contributed by atoms with E-state index in [0.717, 1.165) is 30.3 Å². The van der Waals surface area contributed by atoms with Gasteiger partial charge in [0.05, 0.1) is 11.3 Å².